The van der Waals surface area contributed by atoms with Crippen LogP contribution in [0, 0.1) is 0 Å². The predicted molar refractivity (Wildman–Crippen MR) is 84.4 cm³/mol. The van der Waals surface area contributed by atoms with E-state index in [0.29, 0.717) is 12.2 Å². The number of hydrogen-bond acceptors (Lipinski definition) is 3. The van der Waals surface area contributed by atoms with Gasteiger partial charge in [0, 0.05) is 17.6 Å². The third kappa shape index (κ3) is 2.67. The number of carbonyl (C=O) groups excluding carboxylic acids is 2. The molecule has 0 aromatic heterocycles. The van der Waals surface area contributed by atoms with Gasteiger partial charge in [0.15, 0.2) is 0 Å². The van der Waals surface area contributed by atoms with E-state index in [9.17, 15) is 14.7 Å². The van der Waals surface area contributed by atoms with Crippen molar-refractivity contribution in [1.29, 1.82) is 0 Å². The van der Waals surface area contributed by atoms with Crippen molar-refractivity contribution in [2.24, 2.45) is 0 Å². The van der Waals surface area contributed by atoms with Crippen molar-refractivity contribution in [2.45, 2.75) is 18.9 Å². The number of rotatable bonds is 2. The Morgan fingerprint density at radius 1 is 1.18 bits per heavy atom. The summed E-state index contributed by atoms with van der Waals surface area (Å²) in [5.41, 5.74) is 0.621. The van der Waals surface area contributed by atoms with Crippen LogP contribution in [0.1, 0.15) is 12.8 Å². The van der Waals surface area contributed by atoms with Crippen molar-refractivity contribution >= 4 is 28.3 Å². The highest BCUT2D eigenvalue weighted by Crippen LogP contribution is 2.23. The normalized spacial score (nSPS) is 17.7. The van der Waals surface area contributed by atoms with Crippen LogP contribution in [0.15, 0.2) is 42.5 Å². The van der Waals surface area contributed by atoms with Gasteiger partial charge in [0.25, 0.3) is 0 Å². The van der Waals surface area contributed by atoms with E-state index in [0.717, 1.165) is 23.6 Å². The molecule has 114 valence electrons. The molecule has 1 fully saturated rings. The van der Waals surface area contributed by atoms with Gasteiger partial charge in [-0.15, -0.1) is 0 Å². The van der Waals surface area contributed by atoms with Crippen LogP contribution in [0.5, 0.6) is 0 Å². The largest absolute Gasteiger partial charge is 0.394 e. The number of nitrogens with zero attached hydrogens (tertiary/aromatic N) is 1. The first-order valence-electron chi connectivity index (χ1n) is 7.41. The molecule has 2 aromatic carbocycles. The lowest BCUT2D eigenvalue weighted by molar-refractivity contribution is -0.144. The highest BCUT2D eigenvalue weighted by atomic mass is 16.3. The van der Waals surface area contributed by atoms with Crippen LogP contribution in [-0.2, 0) is 9.59 Å². The molecular weight excluding hydrogens is 280 g/mol. The molecule has 2 amide bonds. The predicted octanol–water partition coefficient (Wildman–Crippen LogP) is 1.76. The summed E-state index contributed by atoms with van der Waals surface area (Å²) in [6, 6.07) is 13.0. The Balaban J connectivity index is 1.80. The van der Waals surface area contributed by atoms with E-state index in [-0.39, 0.29) is 12.6 Å². The van der Waals surface area contributed by atoms with Gasteiger partial charge in [-0.1, -0.05) is 36.4 Å². The van der Waals surface area contributed by atoms with Crippen molar-refractivity contribution in [3.05, 3.63) is 42.5 Å². The lowest BCUT2D eigenvalue weighted by Gasteiger charge is -2.22. The minimum atomic E-state index is -0.656. The summed E-state index contributed by atoms with van der Waals surface area (Å²) in [7, 11) is 0. The minimum absolute atomic E-state index is 0.104. The Labute approximate surface area is 128 Å². The fourth-order valence-electron chi connectivity index (χ4n) is 2.93. The SMILES string of the molecule is O=C(Nc1cccc2ccccc12)C(=O)N1CCCC1CO. The highest BCUT2D eigenvalue weighted by Gasteiger charge is 2.32. The van der Waals surface area contributed by atoms with Gasteiger partial charge in [0.05, 0.1) is 12.6 Å². The van der Waals surface area contributed by atoms with Gasteiger partial charge in [0.1, 0.15) is 0 Å². The zero-order chi connectivity index (χ0) is 15.5. The molecule has 0 bridgehead atoms. The molecule has 1 atom stereocenters. The number of benzene rings is 2. The number of hydrogen-bond donors (Lipinski definition) is 2. The Bertz CT molecular complexity index is 709. The van der Waals surface area contributed by atoms with Crippen LogP contribution in [-0.4, -0.2) is 41.0 Å². The summed E-state index contributed by atoms with van der Waals surface area (Å²) in [5, 5.41) is 13.9. The summed E-state index contributed by atoms with van der Waals surface area (Å²) in [4.78, 5) is 25.9. The van der Waals surface area contributed by atoms with Gasteiger partial charge in [-0.25, -0.2) is 0 Å². The molecule has 5 nitrogen and oxygen atoms in total. The topological polar surface area (TPSA) is 69.6 Å². The molecule has 0 radical (unpaired) electrons. The quantitative estimate of drug-likeness (QED) is 0.830. The van der Waals surface area contributed by atoms with E-state index < -0.39 is 11.8 Å². The summed E-state index contributed by atoms with van der Waals surface area (Å²) in [6.45, 7) is 0.417. The Hall–Kier alpha value is -2.40. The number of likely N-dealkylation sites (tertiary alicyclic amines) is 1. The Morgan fingerprint density at radius 3 is 2.77 bits per heavy atom. The van der Waals surface area contributed by atoms with Crippen molar-refractivity contribution in [3.63, 3.8) is 0 Å². The second-order valence-corrected chi connectivity index (χ2v) is 5.46. The number of amides is 2. The smallest absolute Gasteiger partial charge is 0.313 e. The van der Waals surface area contributed by atoms with Crippen LogP contribution in [0.25, 0.3) is 10.8 Å². The van der Waals surface area contributed by atoms with Gasteiger partial charge in [-0.05, 0) is 24.3 Å². The molecule has 2 aromatic rings. The molecular formula is C17H18N2O3. The fourth-order valence-corrected chi connectivity index (χ4v) is 2.93. The molecule has 0 spiro atoms. The second-order valence-electron chi connectivity index (χ2n) is 5.46. The van der Waals surface area contributed by atoms with Gasteiger partial charge >= 0.3 is 11.8 Å². The van der Waals surface area contributed by atoms with Crippen molar-refractivity contribution < 1.29 is 14.7 Å². The lowest BCUT2D eigenvalue weighted by atomic mass is 10.1. The summed E-state index contributed by atoms with van der Waals surface area (Å²) in [6.07, 6.45) is 1.56. The molecule has 1 unspecified atom stereocenters. The maximum atomic E-state index is 12.3. The Kier molecular flexibility index (Phi) is 4.06. The van der Waals surface area contributed by atoms with E-state index >= 15 is 0 Å². The first-order chi connectivity index (χ1) is 10.7. The van der Waals surface area contributed by atoms with Crippen LogP contribution < -0.4 is 5.32 Å². The van der Waals surface area contributed by atoms with Crippen LogP contribution in [0.2, 0.25) is 0 Å². The number of anilines is 1. The molecule has 0 saturated carbocycles. The van der Waals surface area contributed by atoms with E-state index in [4.69, 9.17) is 0 Å². The molecule has 3 rings (SSSR count). The summed E-state index contributed by atoms with van der Waals surface area (Å²) in [5.74, 6) is -1.24. The fraction of sp³-hybridized carbons (Fsp3) is 0.294. The van der Waals surface area contributed by atoms with Crippen LogP contribution in [0.3, 0.4) is 0 Å². The first-order valence-corrected chi connectivity index (χ1v) is 7.41. The third-order valence-corrected chi connectivity index (χ3v) is 4.08. The minimum Gasteiger partial charge on any atom is -0.394 e. The molecule has 0 aliphatic carbocycles. The number of fused-ring (bicyclic) bond motifs is 1. The van der Waals surface area contributed by atoms with E-state index in [1.807, 2.05) is 36.4 Å². The average molecular weight is 298 g/mol. The standard InChI is InChI=1S/C17H18N2O3/c20-11-13-7-4-10-19(13)17(22)16(21)18-15-9-3-6-12-5-1-2-8-14(12)15/h1-3,5-6,8-9,13,20H,4,7,10-11H2,(H,18,21). The molecule has 2 N–H and O–H groups in total. The van der Waals surface area contributed by atoms with Gasteiger partial charge in [0.2, 0.25) is 0 Å². The first kappa shape index (κ1) is 14.5. The molecule has 1 aliphatic rings. The number of carbonyl (C=O) groups is 2. The summed E-state index contributed by atoms with van der Waals surface area (Å²) >= 11 is 0. The van der Waals surface area contributed by atoms with Gasteiger partial charge in [-0.2, -0.15) is 0 Å². The lowest BCUT2D eigenvalue weighted by Crippen LogP contribution is -2.43. The molecule has 1 aliphatic heterocycles. The third-order valence-electron chi connectivity index (χ3n) is 4.08. The van der Waals surface area contributed by atoms with E-state index in [1.54, 1.807) is 6.07 Å². The van der Waals surface area contributed by atoms with Gasteiger partial charge in [-0.3, -0.25) is 9.59 Å². The average Bonchev–Trinajstić information content (AvgIpc) is 3.03. The van der Waals surface area contributed by atoms with Crippen molar-refractivity contribution in [1.82, 2.24) is 4.90 Å². The molecule has 1 heterocycles. The van der Waals surface area contributed by atoms with Gasteiger partial charge < -0.3 is 15.3 Å². The molecule has 1 saturated heterocycles. The monoisotopic (exact) mass is 298 g/mol. The second kappa shape index (κ2) is 6.15. The van der Waals surface area contributed by atoms with Crippen LogP contribution >= 0.6 is 0 Å². The van der Waals surface area contributed by atoms with Crippen molar-refractivity contribution in [3.8, 4) is 0 Å². The van der Waals surface area contributed by atoms with E-state index in [1.165, 1.54) is 4.90 Å². The zero-order valence-corrected chi connectivity index (χ0v) is 12.2. The maximum Gasteiger partial charge on any atom is 0.313 e. The summed E-state index contributed by atoms with van der Waals surface area (Å²) < 4.78 is 0. The number of aliphatic hydroxyl groups is 1. The van der Waals surface area contributed by atoms with Crippen LogP contribution in [0.4, 0.5) is 5.69 Å². The highest BCUT2D eigenvalue weighted by molar-refractivity contribution is 6.40. The molecule has 5 heteroatoms. The maximum absolute atomic E-state index is 12.3. The molecule has 22 heavy (non-hydrogen) atoms. The van der Waals surface area contributed by atoms with Crippen molar-refractivity contribution in [2.75, 3.05) is 18.5 Å². The zero-order valence-electron chi connectivity index (χ0n) is 12.2. The van der Waals surface area contributed by atoms with E-state index in [2.05, 4.69) is 5.32 Å². The number of nitrogens with one attached hydrogen (secondary N) is 1. The number of aliphatic hydroxyl groups excluding tert-OH is 1. The Morgan fingerprint density at radius 2 is 1.95 bits per heavy atom.